The summed E-state index contributed by atoms with van der Waals surface area (Å²) in [4.78, 5) is 12.6. The maximum Gasteiger partial charge on any atom is 0.247 e. The molecule has 0 saturated heterocycles. The number of rotatable bonds is 5. The molecule has 0 aliphatic heterocycles. The van der Waals surface area contributed by atoms with Gasteiger partial charge in [-0.15, -0.1) is 0 Å². The second-order valence-corrected chi connectivity index (χ2v) is 9.10. The smallest absolute Gasteiger partial charge is 0.247 e. The van der Waals surface area contributed by atoms with E-state index < -0.39 is 16.1 Å². The fourth-order valence-corrected chi connectivity index (χ4v) is 3.98. The molecule has 0 aliphatic carbocycles. The zero-order valence-corrected chi connectivity index (χ0v) is 17.6. The molecule has 134 valence electrons. The minimum absolute atomic E-state index is 0.384. The maximum atomic E-state index is 12.6. The SMILES string of the molecule is Cc1ccc(N([C@@H](C)C(=O)Nc2ccc(I)cc2)S(C)(=O)=O)cc1C. The molecule has 1 amide bonds. The molecular weight excluding hydrogens is 451 g/mol. The highest BCUT2D eigenvalue weighted by Gasteiger charge is 2.29. The molecule has 0 radical (unpaired) electrons. The van der Waals surface area contributed by atoms with Crippen molar-refractivity contribution in [2.24, 2.45) is 0 Å². The summed E-state index contributed by atoms with van der Waals surface area (Å²) in [7, 11) is -3.62. The number of carbonyl (C=O) groups excluding carboxylic acids is 1. The molecule has 5 nitrogen and oxygen atoms in total. The molecule has 0 saturated carbocycles. The zero-order valence-electron chi connectivity index (χ0n) is 14.6. The van der Waals surface area contributed by atoms with Gasteiger partial charge in [-0.1, -0.05) is 6.07 Å². The number of hydrogen-bond donors (Lipinski definition) is 1. The van der Waals surface area contributed by atoms with E-state index in [9.17, 15) is 13.2 Å². The van der Waals surface area contributed by atoms with E-state index in [1.54, 1.807) is 31.2 Å². The number of aryl methyl sites for hydroxylation is 2. The first-order valence-corrected chi connectivity index (χ1v) is 10.7. The van der Waals surface area contributed by atoms with Crippen LogP contribution in [0.2, 0.25) is 0 Å². The molecule has 0 aromatic heterocycles. The average molecular weight is 472 g/mol. The van der Waals surface area contributed by atoms with E-state index in [2.05, 4.69) is 27.9 Å². The number of halogens is 1. The Hall–Kier alpha value is -1.61. The lowest BCUT2D eigenvalue weighted by Gasteiger charge is -2.28. The number of benzene rings is 2. The predicted molar refractivity (Wildman–Crippen MR) is 110 cm³/mol. The molecule has 25 heavy (non-hydrogen) atoms. The highest BCUT2D eigenvalue weighted by atomic mass is 127. The fraction of sp³-hybridized carbons (Fsp3) is 0.278. The van der Waals surface area contributed by atoms with Crippen LogP contribution in [-0.2, 0) is 14.8 Å². The average Bonchev–Trinajstić information content (AvgIpc) is 2.51. The molecule has 7 heteroatoms. The predicted octanol–water partition coefficient (Wildman–Crippen LogP) is 3.70. The summed E-state index contributed by atoms with van der Waals surface area (Å²) in [5, 5.41) is 2.77. The maximum absolute atomic E-state index is 12.6. The zero-order chi connectivity index (χ0) is 18.8. The topological polar surface area (TPSA) is 66.5 Å². The third-order valence-electron chi connectivity index (χ3n) is 3.95. The van der Waals surface area contributed by atoms with Crippen molar-refractivity contribution in [2.75, 3.05) is 15.9 Å². The minimum atomic E-state index is -3.62. The van der Waals surface area contributed by atoms with E-state index in [1.807, 2.05) is 32.0 Å². The Morgan fingerprint density at radius 2 is 1.68 bits per heavy atom. The highest BCUT2D eigenvalue weighted by Crippen LogP contribution is 2.24. The molecule has 2 aromatic carbocycles. The number of sulfonamides is 1. The number of nitrogens with zero attached hydrogens (tertiary/aromatic N) is 1. The Kier molecular flexibility index (Phi) is 6.10. The van der Waals surface area contributed by atoms with Gasteiger partial charge in [0.1, 0.15) is 6.04 Å². The first-order chi connectivity index (χ1) is 11.6. The Labute approximate surface area is 162 Å². The summed E-state index contributed by atoms with van der Waals surface area (Å²) < 4.78 is 26.8. The van der Waals surface area contributed by atoms with E-state index in [1.165, 1.54) is 0 Å². The second kappa shape index (κ2) is 7.74. The number of hydrogen-bond acceptors (Lipinski definition) is 3. The van der Waals surface area contributed by atoms with Crippen LogP contribution >= 0.6 is 22.6 Å². The van der Waals surface area contributed by atoms with Crippen molar-refractivity contribution in [3.05, 3.63) is 57.2 Å². The largest absolute Gasteiger partial charge is 0.324 e. The quantitative estimate of drug-likeness (QED) is 0.676. The molecule has 0 spiro atoms. The summed E-state index contributed by atoms with van der Waals surface area (Å²) in [5.41, 5.74) is 3.14. The van der Waals surface area contributed by atoms with Crippen molar-refractivity contribution in [1.82, 2.24) is 0 Å². The van der Waals surface area contributed by atoms with Gasteiger partial charge < -0.3 is 5.32 Å². The molecule has 0 unspecified atom stereocenters. The summed E-state index contributed by atoms with van der Waals surface area (Å²) in [6.45, 7) is 5.45. The van der Waals surface area contributed by atoms with Crippen LogP contribution in [0.1, 0.15) is 18.1 Å². The van der Waals surface area contributed by atoms with Crippen molar-refractivity contribution in [1.29, 1.82) is 0 Å². The third-order valence-corrected chi connectivity index (χ3v) is 5.91. The summed E-state index contributed by atoms with van der Waals surface area (Å²) >= 11 is 2.18. The normalized spacial score (nSPS) is 12.5. The lowest BCUT2D eigenvalue weighted by Crippen LogP contribution is -2.45. The van der Waals surface area contributed by atoms with Gasteiger partial charge in [-0.2, -0.15) is 0 Å². The molecule has 1 N–H and O–H groups in total. The molecular formula is C18H21IN2O3S. The molecule has 0 aliphatic rings. The Balaban J connectivity index is 2.32. The van der Waals surface area contributed by atoms with Crippen LogP contribution < -0.4 is 9.62 Å². The van der Waals surface area contributed by atoms with Crippen LogP contribution in [0.4, 0.5) is 11.4 Å². The molecule has 2 aromatic rings. The molecule has 0 heterocycles. The molecule has 0 bridgehead atoms. The van der Waals surface area contributed by atoms with Gasteiger partial charge in [-0.05, 0) is 90.9 Å². The number of carbonyl (C=O) groups is 1. The van der Waals surface area contributed by atoms with Crippen LogP contribution in [0.5, 0.6) is 0 Å². The van der Waals surface area contributed by atoms with Crippen LogP contribution in [0.25, 0.3) is 0 Å². The van der Waals surface area contributed by atoms with Gasteiger partial charge in [0.05, 0.1) is 11.9 Å². The third kappa shape index (κ3) is 4.94. The van der Waals surface area contributed by atoms with E-state index >= 15 is 0 Å². The van der Waals surface area contributed by atoms with Crippen molar-refractivity contribution in [3.63, 3.8) is 0 Å². The summed E-state index contributed by atoms with van der Waals surface area (Å²) in [6, 6.07) is 11.8. The lowest BCUT2D eigenvalue weighted by molar-refractivity contribution is -0.116. The van der Waals surface area contributed by atoms with Gasteiger partial charge in [0, 0.05) is 9.26 Å². The van der Waals surface area contributed by atoms with Crippen LogP contribution in [0.3, 0.4) is 0 Å². The Bertz CT molecular complexity index is 880. The Morgan fingerprint density at radius 1 is 1.08 bits per heavy atom. The van der Waals surface area contributed by atoms with Crippen LogP contribution in [0.15, 0.2) is 42.5 Å². The monoisotopic (exact) mass is 472 g/mol. The van der Waals surface area contributed by atoms with E-state index in [-0.39, 0.29) is 5.91 Å². The van der Waals surface area contributed by atoms with Crippen molar-refractivity contribution in [2.45, 2.75) is 26.8 Å². The second-order valence-electron chi connectivity index (χ2n) is 6.00. The van der Waals surface area contributed by atoms with E-state index in [0.717, 1.165) is 25.3 Å². The Morgan fingerprint density at radius 3 is 2.20 bits per heavy atom. The van der Waals surface area contributed by atoms with E-state index in [0.29, 0.717) is 11.4 Å². The van der Waals surface area contributed by atoms with Crippen LogP contribution in [0, 0.1) is 17.4 Å². The lowest BCUT2D eigenvalue weighted by atomic mass is 10.1. The first-order valence-electron chi connectivity index (χ1n) is 7.72. The first kappa shape index (κ1) is 19.7. The summed E-state index contributed by atoms with van der Waals surface area (Å²) in [6.07, 6.45) is 1.11. The van der Waals surface area contributed by atoms with Gasteiger partial charge in [-0.25, -0.2) is 8.42 Å². The standard InChI is InChI=1S/C18H21IN2O3S/c1-12-5-10-17(11-13(12)2)21(25(4,23)24)14(3)18(22)20-16-8-6-15(19)7-9-16/h5-11,14H,1-4H3,(H,20,22)/t14-/m0/s1. The van der Waals surface area contributed by atoms with Gasteiger partial charge in [0.15, 0.2) is 0 Å². The number of anilines is 2. The van der Waals surface area contributed by atoms with Gasteiger partial charge in [0.25, 0.3) is 0 Å². The van der Waals surface area contributed by atoms with Gasteiger partial charge >= 0.3 is 0 Å². The minimum Gasteiger partial charge on any atom is -0.324 e. The molecule has 1 atom stereocenters. The molecule has 2 rings (SSSR count). The molecule has 0 fully saturated rings. The van der Waals surface area contributed by atoms with Crippen molar-refractivity contribution in [3.8, 4) is 0 Å². The number of amides is 1. The van der Waals surface area contributed by atoms with Crippen molar-refractivity contribution < 1.29 is 13.2 Å². The van der Waals surface area contributed by atoms with Gasteiger partial charge in [-0.3, -0.25) is 9.10 Å². The van der Waals surface area contributed by atoms with E-state index in [4.69, 9.17) is 0 Å². The fourth-order valence-electron chi connectivity index (χ4n) is 2.45. The summed E-state index contributed by atoms with van der Waals surface area (Å²) in [5.74, 6) is -0.384. The highest BCUT2D eigenvalue weighted by molar-refractivity contribution is 14.1. The van der Waals surface area contributed by atoms with Crippen LogP contribution in [-0.4, -0.2) is 26.6 Å². The number of nitrogens with one attached hydrogen (secondary N) is 1. The van der Waals surface area contributed by atoms with Crippen molar-refractivity contribution >= 4 is 49.9 Å². The van der Waals surface area contributed by atoms with Gasteiger partial charge in [0.2, 0.25) is 15.9 Å².